The zero-order chi connectivity index (χ0) is 14.1. The second-order valence-corrected chi connectivity index (χ2v) is 7.32. The maximum Gasteiger partial charge on any atom is 0.0408 e. The number of hydrogen-bond donors (Lipinski definition) is 1. The fourth-order valence-electron chi connectivity index (χ4n) is 3.89. The van der Waals surface area contributed by atoms with Crippen molar-refractivity contribution in [2.24, 2.45) is 17.6 Å². The fraction of sp³-hybridized carbons (Fsp3) is 0.647. The molecule has 1 aromatic carbocycles. The minimum atomic E-state index is 0.337. The van der Waals surface area contributed by atoms with Crippen molar-refractivity contribution in [2.75, 3.05) is 13.1 Å². The van der Waals surface area contributed by atoms with Crippen LogP contribution in [-0.4, -0.2) is 30.1 Å². The van der Waals surface area contributed by atoms with Crippen molar-refractivity contribution in [2.45, 2.75) is 44.7 Å². The van der Waals surface area contributed by atoms with Crippen molar-refractivity contribution in [1.29, 1.82) is 0 Å². The summed E-state index contributed by atoms with van der Waals surface area (Å²) >= 11 is 6.08. The van der Waals surface area contributed by atoms with Crippen LogP contribution in [0.25, 0.3) is 0 Å². The zero-order valence-electron chi connectivity index (χ0n) is 12.3. The van der Waals surface area contributed by atoms with E-state index in [4.69, 9.17) is 17.3 Å². The molecule has 3 heteroatoms. The first-order chi connectivity index (χ1) is 9.60. The highest BCUT2D eigenvalue weighted by atomic mass is 35.5. The quantitative estimate of drug-likeness (QED) is 0.926. The van der Waals surface area contributed by atoms with Gasteiger partial charge in [0.15, 0.2) is 0 Å². The molecule has 2 atom stereocenters. The van der Waals surface area contributed by atoms with Gasteiger partial charge >= 0.3 is 0 Å². The smallest absolute Gasteiger partial charge is 0.0408 e. The van der Waals surface area contributed by atoms with E-state index in [-0.39, 0.29) is 0 Å². The van der Waals surface area contributed by atoms with Crippen LogP contribution in [0.3, 0.4) is 0 Å². The molecule has 1 aliphatic heterocycles. The lowest BCUT2D eigenvalue weighted by Gasteiger charge is -2.47. The molecule has 0 bridgehead atoms. The largest absolute Gasteiger partial charge is 0.327 e. The first kappa shape index (κ1) is 14.4. The van der Waals surface area contributed by atoms with E-state index in [0.29, 0.717) is 12.0 Å². The first-order valence-electron chi connectivity index (χ1n) is 7.84. The Hall–Kier alpha value is -0.570. The molecule has 2 nitrogen and oxygen atoms in total. The van der Waals surface area contributed by atoms with Crippen molar-refractivity contribution in [3.05, 3.63) is 34.9 Å². The minimum Gasteiger partial charge on any atom is -0.327 e. The number of piperidine rings is 1. The summed E-state index contributed by atoms with van der Waals surface area (Å²) in [5.41, 5.74) is 7.63. The van der Waals surface area contributed by atoms with Crippen molar-refractivity contribution >= 4 is 11.6 Å². The van der Waals surface area contributed by atoms with Gasteiger partial charge in [-0.15, -0.1) is 0 Å². The Balaban J connectivity index is 1.61. The lowest BCUT2D eigenvalue weighted by Crippen LogP contribution is -2.54. The molecule has 1 saturated heterocycles. The van der Waals surface area contributed by atoms with Crippen LogP contribution in [0.1, 0.15) is 31.7 Å². The van der Waals surface area contributed by atoms with Gasteiger partial charge in [-0.25, -0.2) is 0 Å². The summed E-state index contributed by atoms with van der Waals surface area (Å²) in [5.74, 6) is 1.58. The minimum absolute atomic E-state index is 0.337. The number of nitrogens with zero attached hydrogens (tertiary/aromatic N) is 1. The third-order valence-electron chi connectivity index (χ3n) is 4.88. The van der Waals surface area contributed by atoms with Gasteiger partial charge in [-0.05, 0) is 55.2 Å². The van der Waals surface area contributed by atoms with Gasteiger partial charge in [0.2, 0.25) is 0 Å². The van der Waals surface area contributed by atoms with Crippen LogP contribution in [0.5, 0.6) is 0 Å². The fourth-order valence-corrected chi connectivity index (χ4v) is 4.10. The van der Waals surface area contributed by atoms with Gasteiger partial charge in [0, 0.05) is 30.2 Å². The molecule has 2 unspecified atom stereocenters. The molecule has 1 saturated carbocycles. The highest BCUT2D eigenvalue weighted by molar-refractivity contribution is 6.30. The maximum atomic E-state index is 6.28. The van der Waals surface area contributed by atoms with E-state index in [1.54, 1.807) is 0 Å². The van der Waals surface area contributed by atoms with Gasteiger partial charge in [0.1, 0.15) is 0 Å². The van der Waals surface area contributed by atoms with Crippen LogP contribution in [0.15, 0.2) is 24.3 Å². The van der Waals surface area contributed by atoms with Crippen LogP contribution in [0.2, 0.25) is 5.02 Å². The monoisotopic (exact) mass is 292 g/mol. The highest BCUT2D eigenvalue weighted by Crippen LogP contribution is 2.34. The van der Waals surface area contributed by atoms with E-state index in [9.17, 15) is 0 Å². The topological polar surface area (TPSA) is 29.3 Å². The number of rotatable bonds is 3. The Kier molecular flexibility index (Phi) is 4.34. The average Bonchev–Trinajstić information content (AvgIpc) is 2.34. The van der Waals surface area contributed by atoms with E-state index < -0.39 is 0 Å². The van der Waals surface area contributed by atoms with Crippen LogP contribution in [-0.2, 0) is 6.42 Å². The molecule has 1 aliphatic carbocycles. The molecular weight excluding hydrogens is 268 g/mol. The summed E-state index contributed by atoms with van der Waals surface area (Å²) < 4.78 is 0. The number of halogens is 1. The Morgan fingerprint density at radius 3 is 2.75 bits per heavy atom. The number of benzene rings is 1. The molecule has 0 amide bonds. The molecule has 0 radical (unpaired) electrons. The second kappa shape index (κ2) is 6.05. The van der Waals surface area contributed by atoms with Crippen molar-refractivity contribution in [3.8, 4) is 0 Å². The molecule has 2 fully saturated rings. The standard InChI is InChI=1S/C17H25ClN2/c1-12-5-17(6-12)20-10-14(9-16(19)11-20)7-13-3-2-4-15(18)8-13/h2-4,8,12,14,16-17H,5-7,9-11,19H2,1H3. The predicted octanol–water partition coefficient (Wildman–Crippen LogP) is 3.33. The number of nitrogens with two attached hydrogens (primary N) is 1. The predicted molar refractivity (Wildman–Crippen MR) is 85.0 cm³/mol. The SMILES string of the molecule is CC1CC(N2CC(N)CC(Cc3cccc(Cl)c3)C2)C1. The molecule has 0 spiro atoms. The molecule has 1 aromatic rings. The highest BCUT2D eigenvalue weighted by Gasteiger charge is 2.35. The Labute approximate surface area is 127 Å². The third-order valence-corrected chi connectivity index (χ3v) is 5.11. The van der Waals surface area contributed by atoms with Crippen molar-refractivity contribution in [1.82, 2.24) is 4.90 Å². The number of likely N-dealkylation sites (tertiary alicyclic amines) is 1. The first-order valence-corrected chi connectivity index (χ1v) is 8.22. The summed E-state index contributed by atoms with van der Waals surface area (Å²) in [4.78, 5) is 2.64. The maximum absolute atomic E-state index is 6.28. The lowest BCUT2D eigenvalue weighted by molar-refractivity contribution is 0.0402. The molecular formula is C17H25ClN2. The average molecular weight is 293 g/mol. The molecule has 2 N–H and O–H groups in total. The summed E-state index contributed by atoms with van der Waals surface area (Å²) in [5, 5.41) is 0.840. The Morgan fingerprint density at radius 2 is 2.05 bits per heavy atom. The Bertz CT molecular complexity index is 456. The van der Waals surface area contributed by atoms with Crippen molar-refractivity contribution in [3.63, 3.8) is 0 Å². The van der Waals surface area contributed by atoms with Crippen LogP contribution >= 0.6 is 11.6 Å². The molecule has 1 heterocycles. The molecule has 20 heavy (non-hydrogen) atoms. The van der Waals surface area contributed by atoms with Crippen LogP contribution < -0.4 is 5.73 Å². The third kappa shape index (κ3) is 3.36. The summed E-state index contributed by atoms with van der Waals surface area (Å²) in [7, 11) is 0. The summed E-state index contributed by atoms with van der Waals surface area (Å²) in [6, 6.07) is 9.40. The van der Waals surface area contributed by atoms with E-state index in [1.807, 2.05) is 12.1 Å². The molecule has 3 rings (SSSR count). The normalized spacial score (nSPS) is 34.8. The van der Waals surface area contributed by atoms with E-state index >= 15 is 0 Å². The van der Waals surface area contributed by atoms with E-state index in [0.717, 1.165) is 36.4 Å². The van der Waals surface area contributed by atoms with Crippen LogP contribution in [0, 0.1) is 11.8 Å². The van der Waals surface area contributed by atoms with Crippen LogP contribution in [0.4, 0.5) is 0 Å². The second-order valence-electron chi connectivity index (χ2n) is 6.88. The zero-order valence-corrected chi connectivity index (χ0v) is 13.0. The van der Waals surface area contributed by atoms with Crippen molar-refractivity contribution < 1.29 is 0 Å². The summed E-state index contributed by atoms with van der Waals surface area (Å²) in [6.07, 6.45) is 4.96. The van der Waals surface area contributed by atoms with Gasteiger partial charge in [0.05, 0.1) is 0 Å². The van der Waals surface area contributed by atoms with E-state index in [2.05, 4.69) is 24.0 Å². The molecule has 110 valence electrons. The van der Waals surface area contributed by atoms with E-state index in [1.165, 1.54) is 24.9 Å². The van der Waals surface area contributed by atoms with Gasteiger partial charge in [-0.2, -0.15) is 0 Å². The number of hydrogen-bond acceptors (Lipinski definition) is 2. The van der Waals surface area contributed by atoms with Gasteiger partial charge in [-0.1, -0.05) is 30.7 Å². The van der Waals surface area contributed by atoms with Gasteiger partial charge in [0.25, 0.3) is 0 Å². The van der Waals surface area contributed by atoms with Gasteiger partial charge in [-0.3, -0.25) is 4.90 Å². The molecule has 2 aliphatic rings. The molecule has 0 aromatic heterocycles. The van der Waals surface area contributed by atoms with Gasteiger partial charge < -0.3 is 5.73 Å². The lowest BCUT2D eigenvalue weighted by atomic mass is 9.78. The summed E-state index contributed by atoms with van der Waals surface area (Å²) in [6.45, 7) is 4.64. The Morgan fingerprint density at radius 1 is 1.25 bits per heavy atom.